The number of hydrogen-bond acceptors (Lipinski definition) is 8. The number of nitrogens with two attached hydrogens (primary N) is 1. The summed E-state index contributed by atoms with van der Waals surface area (Å²) in [5.41, 5.74) is 8.01. The topological polar surface area (TPSA) is 146 Å². The first kappa shape index (κ1) is 24.1. The number of ether oxygens (including phenoxy) is 2. The van der Waals surface area contributed by atoms with Gasteiger partial charge in [-0.3, -0.25) is 14.3 Å². The molecule has 1 aliphatic carbocycles. The number of nitrogens with zero attached hydrogens (tertiary/aromatic N) is 4. The molecule has 3 heterocycles. The lowest BCUT2D eigenvalue weighted by Crippen LogP contribution is -2.19. The lowest BCUT2D eigenvalue weighted by molar-refractivity contribution is -0.117. The second kappa shape index (κ2) is 11.0. The molecule has 4 N–H and O–H groups in total. The maximum atomic E-state index is 12.0. The zero-order chi connectivity index (χ0) is 24.8. The SMILES string of the molecule is C1CCOC1.COc1c(Nc2cc(NC(=O)C3CC3)nnc2C(N)=O)cccc1-c1cnn(C)c1. The summed E-state index contributed by atoms with van der Waals surface area (Å²) in [5.74, 6) is -0.0518. The fourth-order valence-electron chi connectivity index (χ4n) is 3.60. The van der Waals surface area contributed by atoms with Crippen molar-refractivity contribution in [1.82, 2.24) is 20.0 Å². The molecular formula is C24H29N7O4. The van der Waals surface area contributed by atoms with Crippen molar-refractivity contribution in [2.24, 2.45) is 18.7 Å². The summed E-state index contributed by atoms with van der Waals surface area (Å²) in [6.07, 6.45) is 7.89. The minimum absolute atomic E-state index is 0.00952. The molecule has 0 atom stereocenters. The largest absolute Gasteiger partial charge is 0.494 e. The number of primary amides is 1. The molecule has 1 saturated heterocycles. The molecule has 11 nitrogen and oxygen atoms in total. The fraction of sp³-hybridized carbons (Fsp3) is 0.375. The lowest BCUT2D eigenvalue weighted by Gasteiger charge is -2.16. The monoisotopic (exact) mass is 479 g/mol. The Morgan fingerprint density at radius 1 is 1.17 bits per heavy atom. The van der Waals surface area contributed by atoms with Gasteiger partial charge in [0.2, 0.25) is 5.91 Å². The van der Waals surface area contributed by atoms with Gasteiger partial charge >= 0.3 is 0 Å². The molecule has 0 radical (unpaired) electrons. The molecule has 2 fully saturated rings. The normalized spacial score (nSPS) is 14.6. The Kier molecular flexibility index (Phi) is 7.56. The van der Waals surface area contributed by atoms with Gasteiger partial charge in [0.25, 0.3) is 5.91 Å². The quantitative estimate of drug-likeness (QED) is 0.469. The van der Waals surface area contributed by atoms with Crippen LogP contribution in [-0.4, -0.2) is 52.1 Å². The first-order chi connectivity index (χ1) is 17.0. The predicted octanol–water partition coefficient (Wildman–Crippen LogP) is 2.87. The van der Waals surface area contributed by atoms with E-state index in [9.17, 15) is 9.59 Å². The van der Waals surface area contributed by atoms with E-state index in [1.54, 1.807) is 24.1 Å². The van der Waals surface area contributed by atoms with Crippen LogP contribution in [0.15, 0.2) is 36.7 Å². The minimum atomic E-state index is -0.743. The van der Waals surface area contributed by atoms with Gasteiger partial charge in [-0.1, -0.05) is 12.1 Å². The van der Waals surface area contributed by atoms with Crippen molar-refractivity contribution in [1.29, 1.82) is 0 Å². The van der Waals surface area contributed by atoms with Gasteiger partial charge in [0.1, 0.15) is 5.75 Å². The van der Waals surface area contributed by atoms with Gasteiger partial charge in [0, 0.05) is 49.6 Å². The van der Waals surface area contributed by atoms with Crippen LogP contribution in [0.5, 0.6) is 5.75 Å². The Bertz CT molecular complexity index is 1190. The summed E-state index contributed by atoms with van der Waals surface area (Å²) in [5, 5.41) is 17.8. The van der Waals surface area contributed by atoms with Crippen molar-refractivity contribution < 1.29 is 19.1 Å². The Labute approximate surface area is 203 Å². The van der Waals surface area contributed by atoms with Gasteiger partial charge in [-0.2, -0.15) is 5.10 Å². The molecule has 11 heteroatoms. The van der Waals surface area contributed by atoms with Crippen LogP contribution in [0.25, 0.3) is 11.1 Å². The van der Waals surface area contributed by atoms with E-state index < -0.39 is 5.91 Å². The zero-order valence-electron chi connectivity index (χ0n) is 19.8. The van der Waals surface area contributed by atoms with Gasteiger partial charge in [0.15, 0.2) is 11.5 Å². The minimum Gasteiger partial charge on any atom is -0.494 e. The highest BCUT2D eigenvalue weighted by molar-refractivity contribution is 5.99. The standard InChI is InChI=1S/C20H21N7O3.C4H8O/c1-27-10-12(9-22-27)13-4-3-5-14(18(13)30-2)23-15-8-16(24-20(29)11-6-7-11)25-26-17(15)19(21)28;1-2-4-5-3-1/h3-5,8-11H,6-7H2,1-2H3,(H2,21,28)(H2,23,24,25,29);1-4H2. The second-order valence-corrected chi connectivity index (χ2v) is 8.35. The summed E-state index contributed by atoms with van der Waals surface area (Å²) in [7, 11) is 3.39. The molecule has 2 aromatic heterocycles. The maximum Gasteiger partial charge on any atom is 0.271 e. The lowest BCUT2D eigenvalue weighted by atomic mass is 10.1. The first-order valence-corrected chi connectivity index (χ1v) is 11.5. The summed E-state index contributed by atoms with van der Waals surface area (Å²) in [6, 6.07) is 7.08. The van der Waals surface area contributed by atoms with Crippen molar-refractivity contribution in [2.45, 2.75) is 25.7 Å². The van der Waals surface area contributed by atoms with Crippen LogP contribution in [0.4, 0.5) is 17.2 Å². The molecule has 5 rings (SSSR count). The van der Waals surface area contributed by atoms with Crippen molar-refractivity contribution in [3.05, 3.63) is 42.4 Å². The molecule has 3 aromatic rings. The molecule has 2 amide bonds. The van der Waals surface area contributed by atoms with Crippen LogP contribution in [0.1, 0.15) is 36.2 Å². The third-order valence-corrected chi connectivity index (χ3v) is 5.56. The van der Waals surface area contributed by atoms with E-state index in [1.165, 1.54) is 18.9 Å². The van der Waals surface area contributed by atoms with E-state index >= 15 is 0 Å². The van der Waals surface area contributed by atoms with Gasteiger partial charge < -0.3 is 25.8 Å². The van der Waals surface area contributed by atoms with Crippen LogP contribution in [0.3, 0.4) is 0 Å². The number of hydrogen-bond donors (Lipinski definition) is 3. The van der Waals surface area contributed by atoms with Gasteiger partial charge in [-0.05, 0) is 31.7 Å². The molecule has 2 aliphatic rings. The van der Waals surface area contributed by atoms with E-state index in [0.717, 1.165) is 37.2 Å². The van der Waals surface area contributed by atoms with Crippen molar-refractivity contribution in [3.8, 4) is 16.9 Å². The van der Waals surface area contributed by atoms with Crippen LogP contribution in [-0.2, 0) is 16.6 Å². The third kappa shape index (κ3) is 6.12. The summed E-state index contributed by atoms with van der Waals surface area (Å²) in [4.78, 5) is 23.9. The van der Waals surface area contributed by atoms with Crippen molar-refractivity contribution >= 4 is 29.0 Å². The average molecular weight is 480 g/mol. The Hall–Kier alpha value is -3.99. The number of carbonyl (C=O) groups is 2. The molecule has 0 spiro atoms. The Balaban J connectivity index is 0.000000514. The highest BCUT2D eigenvalue weighted by Crippen LogP contribution is 2.38. The van der Waals surface area contributed by atoms with Crippen LogP contribution in [0, 0.1) is 5.92 Å². The second-order valence-electron chi connectivity index (χ2n) is 8.35. The smallest absolute Gasteiger partial charge is 0.271 e. The summed E-state index contributed by atoms with van der Waals surface area (Å²) < 4.78 is 12.3. The highest BCUT2D eigenvalue weighted by atomic mass is 16.5. The molecule has 0 unspecified atom stereocenters. The molecule has 1 aliphatic heterocycles. The van der Waals surface area contributed by atoms with Crippen LogP contribution >= 0.6 is 0 Å². The number of anilines is 3. The van der Waals surface area contributed by atoms with E-state index in [1.807, 2.05) is 25.4 Å². The molecule has 0 bridgehead atoms. The number of aromatic nitrogens is 4. The molecule has 1 aromatic carbocycles. The Morgan fingerprint density at radius 3 is 2.51 bits per heavy atom. The van der Waals surface area contributed by atoms with Gasteiger partial charge in [0.05, 0.1) is 24.7 Å². The first-order valence-electron chi connectivity index (χ1n) is 11.5. The average Bonchev–Trinajstić information content (AvgIpc) is 3.32. The highest BCUT2D eigenvalue weighted by Gasteiger charge is 2.30. The number of carbonyl (C=O) groups excluding carboxylic acids is 2. The van der Waals surface area contributed by atoms with Gasteiger partial charge in [-0.25, -0.2) is 0 Å². The van der Waals surface area contributed by atoms with Crippen LogP contribution < -0.4 is 21.1 Å². The summed E-state index contributed by atoms with van der Waals surface area (Å²) in [6.45, 7) is 2.00. The number of rotatable bonds is 7. The van der Waals surface area contributed by atoms with E-state index in [-0.39, 0.29) is 23.3 Å². The molecule has 1 saturated carbocycles. The van der Waals surface area contributed by atoms with Crippen LogP contribution in [0.2, 0.25) is 0 Å². The number of aryl methyl sites for hydroxylation is 1. The number of benzene rings is 1. The van der Waals surface area contributed by atoms with Gasteiger partial charge in [-0.15, -0.1) is 10.2 Å². The van der Waals surface area contributed by atoms with E-state index in [2.05, 4.69) is 25.9 Å². The number of para-hydroxylation sites is 1. The maximum absolute atomic E-state index is 12.0. The summed E-state index contributed by atoms with van der Waals surface area (Å²) >= 11 is 0. The number of methoxy groups -OCH3 is 1. The predicted molar refractivity (Wildman–Crippen MR) is 130 cm³/mol. The molecular weight excluding hydrogens is 450 g/mol. The van der Waals surface area contributed by atoms with E-state index in [4.69, 9.17) is 15.2 Å². The third-order valence-electron chi connectivity index (χ3n) is 5.56. The molecule has 35 heavy (non-hydrogen) atoms. The number of amides is 2. The molecule has 184 valence electrons. The fourth-order valence-corrected chi connectivity index (χ4v) is 3.60. The van der Waals surface area contributed by atoms with Crippen molar-refractivity contribution in [3.63, 3.8) is 0 Å². The zero-order valence-corrected chi connectivity index (χ0v) is 19.8. The number of nitrogens with one attached hydrogen (secondary N) is 2. The van der Waals surface area contributed by atoms with Crippen molar-refractivity contribution in [2.75, 3.05) is 31.0 Å². The Morgan fingerprint density at radius 2 is 1.94 bits per heavy atom. The van der Waals surface area contributed by atoms with E-state index in [0.29, 0.717) is 17.1 Å².